The highest BCUT2D eigenvalue weighted by molar-refractivity contribution is 6.83. The molecule has 2 N–H and O–H groups in total. The van der Waals surface area contributed by atoms with Gasteiger partial charge in [0, 0.05) is 12.8 Å². The number of anilines is 1. The van der Waals surface area contributed by atoms with Gasteiger partial charge in [0.1, 0.15) is 0 Å². The average molecular weight is 269 g/mol. The first-order valence-electron chi connectivity index (χ1n) is 5.39. The van der Waals surface area contributed by atoms with Gasteiger partial charge in [-0.05, 0) is 18.6 Å². The Bertz CT molecular complexity index is 446. The molecule has 0 radical (unpaired) electrons. The number of Topliss-reactive ketones (excluding diaryl/α,β-unsaturated/α-hetero) is 1. The molecule has 0 atom stereocenters. The number of carboxylic acids is 1. The predicted octanol–water partition coefficient (Wildman–Crippen LogP) is 2.47. The predicted molar refractivity (Wildman–Crippen MR) is 69.8 cm³/mol. The lowest BCUT2D eigenvalue weighted by Crippen LogP contribution is -2.10. The van der Waals surface area contributed by atoms with Gasteiger partial charge in [-0.25, -0.2) is 0 Å². The molecule has 1 rings (SSSR count). The Hall–Kier alpha value is -1.88. The van der Waals surface area contributed by atoms with Crippen LogP contribution < -0.4 is 5.43 Å². The number of aliphatic carboxylic acids is 1. The molecule has 0 amide bonds. The van der Waals surface area contributed by atoms with Crippen LogP contribution in [0.5, 0.6) is 0 Å². The maximum absolute atomic E-state index is 11.5. The monoisotopic (exact) mass is 268 g/mol. The highest BCUT2D eigenvalue weighted by Crippen LogP contribution is 2.06. The van der Waals surface area contributed by atoms with E-state index in [-0.39, 0.29) is 30.2 Å². The molecule has 0 bridgehead atoms. The first-order valence-corrected chi connectivity index (χ1v) is 5.76. The fraction of sp³-hybridized carbons (Fsp3) is 0.250. The van der Waals surface area contributed by atoms with E-state index in [1.165, 1.54) is 0 Å². The van der Waals surface area contributed by atoms with Crippen molar-refractivity contribution < 1.29 is 14.7 Å². The number of hydrazone groups is 1. The Morgan fingerprint density at radius 3 is 2.50 bits per heavy atom. The summed E-state index contributed by atoms with van der Waals surface area (Å²) in [6.45, 7) is 0. The SMILES string of the molecule is O=C(O)CCCC(=O)/C(Cl)=N/Nc1ccccc1. The van der Waals surface area contributed by atoms with E-state index in [0.29, 0.717) is 5.69 Å². The van der Waals surface area contributed by atoms with Crippen LogP contribution in [0.4, 0.5) is 5.69 Å². The topological polar surface area (TPSA) is 78.8 Å². The number of rotatable bonds is 7. The summed E-state index contributed by atoms with van der Waals surface area (Å²) in [6, 6.07) is 9.06. The molecule has 5 nitrogen and oxygen atoms in total. The van der Waals surface area contributed by atoms with Crippen LogP contribution in [-0.4, -0.2) is 22.0 Å². The van der Waals surface area contributed by atoms with Crippen molar-refractivity contribution in [3.8, 4) is 0 Å². The minimum Gasteiger partial charge on any atom is -0.481 e. The number of hydrogen-bond donors (Lipinski definition) is 2. The Morgan fingerprint density at radius 2 is 1.89 bits per heavy atom. The molecule has 0 saturated carbocycles. The molecule has 0 aromatic heterocycles. The van der Waals surface area contributed by atoms with E-state index in [1.54, 1.807) is 12.1 Å². The Morgan fingerprint density at radius 1 is 1.22 bits per heavy atom. The standard InChI is InChI=1S/C12H13ClN2O3/c13-12(10(16)7-4-8-11(17)18)15-14-9-5-2-1-3-6-9/h1-3,5-6,14H,4,7-8H2,(H,17,18)/b15-12-. The lowest BCUT2D eigenvalue weighted by Gasteiger charge is -2.00. The number of carbonyl (C=O) groups is 2. The molecule has 96 valence electrons. The van der Waals surface area contributed by atoms with Crippen LogP contribution in [0, 0.1) is 0 Å². The van der Waals surface area contributed by atoms with Gasteiger partial charge in [0.05, 0.1) is 5.69 Å². The second kappa shape index (κ2) is 7.45. The largest absolute Gasteiger partial charge is 0.481 e. The van der Waals surface area contributed by atoms with Gasteiger partial charge in [-0.15, -0.1) is 0 Å². The van der Waals surface area contributed by atoms with E-state index in [9.17, 15) is 9.59 Å². The van der Waals surface area contributed by atoms with E-state index < -0.39 is 5.97 Å². The van der Waals surface area contributed by atoms with Gasteiger partial charge in [0.15, 0.2) is 11.0 Å². The number of carbonyl (C=O) groups excluding carboxylic acids is 1. The minimum atomic E-state index is -0.932. The van der Waals surface area contributed by atoms with Crippen LogP contribution in [0.15, 0.2) is 35.4 Å². The number of para-hydroxylation sites is 1. The molecule has 0 spiro atoms. The highest BCUT2D eigenvalue weighted by Gasteiger charge is 2.09. The third-order valence-corrected chi connectivity index (χ3v) is 2.38. The zero-order valence-corrected chi connectivity index (χ0v) is 10.4. The van der Waals surface area contributed by atoms with Gasteiger partial charge in [-0.2, -0.15) is 5.10 Å². The molecule has 0 aliphatic rings. The summed E-state index contributed by atoms with van der Waals surface area (Å²) in [7, 11) is 0. The van der Waals surface area contributed by atoms with Gasteiger partial charge in [0.2, 0.25) is 0 Å². The summed E-state index contributed by atoms with van der Waals surface area (Å²) >= 11 is 5.69. The second-order valence-electron chi connectivity index (χ2n) is 3.55. The number of benzene rings is 1. The maximum Gasteiger partial charge on any atom is 0.303 e. The third-order valence-electron chi connectivity index (χ3n) is 2.08. The molecule has 1 aromatic carbocycles. The van der Waals surface area contributed by atoms with Crippen molar-refractivity contribution in [3.63, 3.8) is 0 Å². The van der Waals surface area contributed by atoms with Crippen molar-refractivity contribution in [2.75, 3.05) is 5.43 Å². The van der Waals surface area contributed by atoms with Crippen LogP contribution in [0.3, 0.4) is 0 Å². The van der Waals surface area contributed by atoms with Crippen LogP contribution in [-0.2, 0) is 9.59 Å². The van der Waals surface area contributed by atoms with Crippen LogP contribution in [0.1, 0.15) is 19.3 Å². The van der Waals surface area contributed by atoms with Gasteiger partial charge >= 0.3 is 5.97 Å². The highest BCUT2D eigenvalue weighted by atomic mass is 35.5. The van der Waals surface area contributed by atoms with Crippen molar-refractivity contribution in [1.82, 2.24) is 0 Å². The first-order chi connectivity index (χ1) is 8.59. The van der Waals surface area contributed by atoms with E-state index in [2.05, 4.69) is 10.5 Å². The van der Waals surface area contributed by atoms with Crippen LogP contribution in [0.25, 0.3) is 0 Å². The quantitative estimate of drug-likeness (QED) is 0.588. The van der Waals surface area contributed by atoms with E-state index in [1.807, 2.05) is 18.2 Å². The molecular weight excluding hydrogens is 256 g/mol. The zero-order chi connectivity index (χ0) is 13.4. The van der Waals surface area contributed by atoms with Gasteiger partial charge in [-0.1, -0.05) is 29.8 Å². The number of hydrogen-bond acceptors (Lipinski definition) is 4. The summed E-state index contributed by atoms with van der Waals surface area (Å²) < 4.78 is 0. The lowest BCUT2D eigenvalue weighted by molar-refractivity contribution is -0.137. The fourth-order valence-electron chi connectivity index (χ4n) is 1.19. The van der Waals surface area contributed by atoms with Crippen molar-refractivity contribution in [2.45, 2.75) is 19.3 Å². The van der Waals surface area contributed by atoms with E-state index in [4.69, 9.17) is 16.7 Å². The van der Waals surface area contributed by atoms with Crippen molar-refractivity contribution in [1.29, 1.82) is 0 Å². The number of nitrogens with zero attached hydrogens (tertiary/aromatic N) is 1. The fourth-order valence-corrected chi connectivity index (χ4v) is 1.33. The summed E-state index contributed by atoms with van der Waals surface area (Å²) in [5.74, 6) is -1.31. The molecule has 6 heteroatoms. The number of ketones is 1. The average Bonchev–Trinajstić information content (AvgIpc) is 2.36. The lowest BCUT2D eigenvalue weighted by atomic mass is 10.2. The zero-order valence-electron chi connectivity index (χ0n) is 9.60. The van der Waals surface area contributed by atoms with Gasteiger partial charge in [-0.3, -0.25) is 15.0 Å². The Labute approximate surface area is 109 Å². The molecule has 1 aromatic rings. The molecule has 0 aliphatic carbocycles. The van der Waals surface area contributed by atoms with Crippen LogP contribution >= 0.6 is 11.6 Å². The molecule has 0 fully saturated rings. The Kier molecular flexibility index (Phi) is 5.87. The molecule has 18 heavy (non-hydrogen) atoms. The first kappa shape index (κ1) is 14.2. The Balaban J connectivity index is 2.41. The molecule has 0 unspecified atom stereocenters. The summed E-state index contributed by atoms with van der Waals surface area (Å²) in [5.41, 5.74) is 3.36. The smallest absolute Gasteiger partial charge is 0.303 e. The van der Waals surface area contributed by atoms with E-state index in [0.717, 1.165) is 0 Å². The number of nitrogens with one attached hydrogen (secondary N) is 1. The third kappa shape index (κ3) is 5.45. The summed E-state index contributed by atoms with van der Waals surface area (Å²) in [6.07, 6.45) is 0.276. The van der Waals surface area contributed by atoms with Crippen LogP contribution in [0.2, 0.25) is 0 Å². The second-order valence-corrected chi connectivity index (χ2v) is 3.91. The number of halogens is 1. The van der Waals surface area contributed by atoms with Crippen molar-refractivity contribution in [3.05, 3.63) is 30.3 Å². The van der Waals surface area contributed by atoms with E-state index >= 15 is 0 Å². The van der Waals surface area contributed by atoms with Gasteiger partial charge in [0.25, 0.3) is 0 Å². The minimum absolute atomic E-state index is 0.0535. The van der Waals surface area contributed by atoms with Crippen molar-refractivity contribution >= 4 is 34.2 Å². The summed E-state index contributed by atoms with van der Waals surface area (Å²) in [5, 5.41) is 12.0. The molecule has 0 saturated heterocycles. The molecule has 0 aliphatic heterocycles. The van der Waals surface area contributed by atoms with Gasteiger partial charge < -0.3 is 5.11 Å². The number of carboxylic acid groups (broad SMARTS) is 1. The molecular formula is C12H13ClN2O3. The van der Waals surface area contributed by atoms with Crippen molar-refractivity contribution in [2.24, 2.45) is 5.10 Å². The molecule has 0 heterocycles. The maximum atomic E-state index is 11.5. The summed E-state index contributed by atoms with van der Waals surface area (Å²) in [4.78, 5) is 21.7. The normalized spacial score (nSPS) is 11.1.